The minimum atomic E-state index is 1.18. The fraction of sp³-hybridized carbons (Fsp3) is 0.429. The molecule has 0 aromatic carbocycles. The van der Waals surface area contributed by atoms with Crippen LogP contribution in [0, 0.1) is 0 Å². The molecule has 0 unspecified atom stereocenters. The van der Waals surface area contributed by atoms with Gasteiger partial charge in [-0.3, -0.25) is 4.99 Å². The van der Waals surface area contributed by atoms with E-state index in [1.807, 2.05) is 13.2 Å². The molecule has 0 heterocycles. The van der Waals surface area contributed by atoms with E-state index in [1.54, 1.807) is 37.7 Å². The Kier molecular flexibility index (Phi) is 6.82. The van der Waals surface area contributed by atoms with Crippen molar-refractivity contribution in [3.63, 3.8) is 0 Å². The quantitative estimate of drug-likeness (QED) is 0.514. The molecule has 0 bridgehead atoms. The van der Waals surface area contributed by atoms with Crippen LogP contribution in [0.4, 0.5) is 0 Å². The summed E-state index contributed by atoms with van der Waals surface area (Å²) in [7, 11) is 1.70. The minimum absolute atomic E-state index is 1.18. The Bertz CT molecular complexity index is 173. The average molecular weight is 171 g/mol. The lowest BCUT2D eigenvalue weighted by Gasteiger charge is -1.88. The lowest BCUT2D eigenvalue weighted by atomic mass is 10.7. The van der Waals surface area contributed by atoms with Gasteiger partial charge in [-0.05, 0) is 18.1 Å². The number of aliphatic imine (C=N–C) groups is 2. The minimum Gasteiger partial charge on any atom is -0.338 e. The Labute approximate surface area is 71.7 Å². The predicted octanol–water partition coefficient (Wildman–Crippen LogP) is 1.49. The van der Waals surface area contributed by atoms with Gasteiger partial charge in [0.1, 0.15) is 0 Å². The molecule has 0 spiro atoms. The number of thioether (sulfide) groups is 1. The van der Waals surface area contributed by atoms with E-state index in [9.17, 15) is 0 Å². The smallest absolute Gasteiger partial charge is 0.0930 e. The van der Waals surface area contributed by atoms with Gasteiger partial charge in [-0.2, -0.15) is 0 Å². The molecule has 1 N–H and O–H groups in total. The van der Waals surface area contributed by atoms with Crippen molar-refractivity contribution in [1.82, 2.24) is 5.32 Å². The van der Waals surface area contributed by atoms with Crippen LogP contribution in [0.5, 0.6) is 0 Å². The molecule has 0 aliphatic rings. The summed E-state index contributed by atoms with van der Waals surface area (Å²) >= 11 is 1.67. The summed E-state index contributed by atoms with van der Waals surface area (Å²) in [6.07, 6.45) is 6.97. The highest BCUT2D eigenvalue weighted by Gasteiger charge is 1.78. The lowest BCUT2D eigenvalue weighted by Crippen LogP contribution is -2.06. The molecule has 0 radical (unpaired) electrons. The van der Waals surface area contributed by atoms with Gasteiger partial charge in [0.15, 0.2) is 0 Å². The molecule has 0 aromatic heterocycles. The molecular weight excluding hydrogens is 158 g/mol. The van der Waals surface area contributed by atoms with Crippen molar-refractivity contribution in [2.45, 2.75) is 6.92 Å². The lowest BCUT2D eigenvalue weighted by molar-refractivity contribution is 1.35. The molecule has 0 fully saturated rings. The molecule has 3 nitrogen and oxygen atoms in total. The maximum Gasteiger partial charge on any atom is 0.0930 e. The van der Waals surface area contributed by atoms with Crippen molar-refractivity contribution < 1.29 is 0 Å². The summed E-state index contributed by atoms with van der Waals surface area (Å²) in [5.41, 5.74) is 0. The molecule has 0 aliphatic heterocycles. The summed E-state index contributed by atoms with van der Waals surface area (Å²) in [5, 5.41) is 2.78. The van der Waals surface area contributed by atoms with E-state index in [0.29, 0.717) is 0 Å². The third-order valence-electron chi connectivity index (χ3n) is 0.931. The fourth-order valence-electron chi connectivity index (χ4n) is 0.346. The largest absolute Gasteiger partial charge is 0.338 e. The van der Waals surface area contributed by atoms with Gasteiger partial charge in [0.25, 0.3) is 0 Å². The van der Waals surface area contributed by atoms with Gasteiger partial charge in [-0.25, -0.2) is 4.99 Å². The van der Waals surface area contributed by atoms with Crippen LogP contribution in [0.2, 0.25) is 0 Å². The Morgan fingerprint density at radius 1 is 1.45 bits per heavy atom. The molecule has 11 heavy (non-hydrogen) atoms. The molecular formula is C7H13N3S. The second-order valence-electron chi connectivity index (χ2n) is 1.78. The van der Waals surface area contributed by atoms with Crippen LogP contribution in [-0.2, 0) is 0 Å². The molecule has 0 saturated carbocycles. The summed E-state index contributed by atoms with van der Waals surface area (Å²) in [6.45, 7) is 2.01. The molecule has 0 saturated heterocycles. The highest BCUT2D eigenvalue weighted by Crippen LogP contribution is 2.08. The van der Waals surface area contributed by atoms with Crippen molar-refractivity contribution in [2.24, 2.45) is 9.98 Å². The van der Waals surface area contributed by atoms with Crippen LogP contribution in [0.25, 0.3) is 0 Å². The first-order valence-electron chi connectivity index (χ1n) is 3.20. The highest BCUT2D eigenvalue weighted by atomic mass is 32.2. The van der Waals surface area contributed by atoms with E-state index in [2.05, 4.69) is 15.3 Å². The van der Waals surface area contributed by atoms with Crippen molar-refractivity contribution in [3.05, 3.63) is 11.1 Å². The van der Waals surface area contributed by atoms with E-state index in [0.717, 1.165) is 0 Å². The van der Waals surface area contributed by atoms with Crippen LogP contribution in [-0.4, -0.2) is 26.0 Å². The Morgan fingerprint density at radius 2 is 2.18 bits per heavy atom. The number of allylic oxidation sites excluding steroid dienone is 1. The zero-order valence-electron chi connectivity index (χ0n) is 7.03. The van der Waals surface area contributed by atoms with Gasteiger partial charge in [0.05, 0.1) is 12.7 Å². The van der Waals surface area contributed by atoms with Crippen molar-refractivity contribution in [1.29, 1.82) is 0 Å². The first-order valence-corrected chi connectivity index (χ1v) is 4.42. The molecule has 0 rings (SSSR count). The second-order valence-corrected chi connectivity index (χ2v) is 2.83. The van der Waals surface area contributed by atoms with Crippen LogP contribution >= 0.6 is 11.8 Å². The maximum atomic E-state index is 3.97. The molecule has 0 amide bonds. The number of nitrogens with zero attached hydrogens (tertiary/aromatic N) is 2. The van der Waals surface area contributed by atoms with Crippen LogP contribution < -0.4 is 5.32 Å². The van der Waals surface area contributed by atoms with Crippen LogP contribution in [0.1, 0.15) is 6.92 Å². The first-order chi connectivity index (χ1) is 5.31. The van der Waals surface area contributed by atoms with Crippen molar-refractivity contribution in [2.75, 3.05) is 13.3 Å². The Hall–Kier alpha value is -0.770. The van der Waals surface area contributed by atoms with Crippen LogP contribution in [0.15, 0.2) is 21.1 Å². The van der Waals surface area contributed by atoms with E-state index < -0.39 is 0 Å². The fourth-order valence-corrected chi connectivity index (χ4v) is 0.512. The van der Waals surface area contributed by atoms with Gasteiger partial charge >= 0.3 is 0 Å². The first kappa shape index (κ1) is 10.2. The standard InChI is InChI=1S/C7H13N3S/c1-7(11-3)4-9-6-10-5-8-2/h4-6H,1-3H3,(H,8,9,10)/b7-4+. The zero-order valence-corrected chi connectivity index (χ0v) is 7.85. The zero-order chi connectivity index (χ0) is 8.53. The number of rotatable bonds is 4. The molecule has 0 aliphatic carbocycles. The van der Waals surface area contributed by atoms with E-state index >= 15 is 0 Å². The Morgan fingerprint density at radius 3 is 2.73 bits per heavy atom. The van der Waals surface area contributed by atoms with E-state index in [-0.39, 0.29) is 0 Å². The predicted molar refractivity (Wildman–Crippen MR) is 53.3 cm³/mol. The summed E-state index contributed by atoms with van der Waals surface area (Å²) in [6, 6.07) is 0. The molecule has 4 heteroatoms. The monoisotopic (exact) mass is 171 g/mol. The molecule has 0 atom stereocenters. The summed E-state index contributed by atoms with van der Waals surface area (Å²) < 4.78 is 0. The Balaban J connectivity index is 3.58. The SMILES string of the molecule is CN=CNC=N/C=C(\C)SC. The van der Waals surface area contributed by atoms with Gasteiger partial charge in [0.2, 0.25) is 0 Å². The maximum absolute atomic E-state index is 3.97. The number of hydrogen-bond acceptors (Lipinski definition) is 3. The van der Waals surface area contributed by atoms with Crippen molar-refractivity contribution >= 4 is 24.4 Å². The molecule has 62 valence electrons. The van der Waals surface area contributed by atoms with Gasteiger partial charge < -0.3 is 5.32 Å². The summed E-state index contributed by atoms with van der Waals surface area (Å²) in [5.74, 6) is 0. The third kappa shape index (κ3) is 7.12. The summed E-state index contributed by atoms with van der Waals surface area (Å²) in [4.78, 5) is 8.87. The topological polar surface area (TPSA) is 36.8 Å². The average Bonchev–Trinajstić information content (AvgIpc) is 2.04. The van der Waals surface area contributed by atoms with Gasteiger partial charge in [0, 0.05) is 13.2 Å². The van der Waals surface area contributed by atoms with E-state index in [1.165, 1.54) is 4.91 Å². The van der Waals surface area contributed by atoms with Crippen LogP contribution in [0.3, 0.4) is 0 Å². The third-order valence-corrected chi connectivity index (χ3v) is 1.68. The van der Waals surface area contributed by atoms with Gasteiger partial charge in [-0.15, -0.1) is 11.8 Å². The normalized spacial score (nSPS) is 13.2. The number of nitrogens with one attached hydrogen (secondary N) is 1. The number of hydrogen-bond donors (Lipinski definition) is 1. The highest BCUT2D eigenvalue weighted by molar-refractivity contribution is 8.02. The van der Waals surface area contributed by atoms with E-state index in [4.69, 9.17) is 0 Å². The second kappa shape index (κ2) is 7.34. The van der Waals surface area contributed by atoms with Gasteiger partial charge in [-0.1, -0.05) is 0 Å². The molecule has 0 aromatic rings. The van der Waals surface area contributed by atoms with Crippen molar-refractivity contribution in [3.8, 4) is 0 Å².